The maximum Gasteiger partial charge on any atom is 0.303 e. The average molecular weight is 497 g/mol. The van der Waals surface area contributed by atoms with Crippen molar-refractivity contribution in [3.63, 3.8) is 0 Å². The van der Waals surface area contributed by atoms with Gasteiger partial charge in [-0.2, -0.15) is 0 Å². The second kappa shape index (κ2) is 12.3. The molecule has 0 aromatic heterocycles. The first-order valence-electron chi connectivity index (χ1n) is 10.4. The summed E-state index contributed by atoms with van der Waals surface area (Å²) in [6, 6.07) is 7.41. The van der Waals surface area contributed by atoms with E-state index in [-0.39, 0.29) is 11.7 Å². The number of nitrogens with one attached hydrogen (secondary N) is 2. The van der Waals surface area contributed by atoms with E-state index in [4.69, 9.17) is 35.9 Å². The molecule has 1 heterocycles. The lowest BCUT2D eigenvalue weighted by molar-refractivity contribution is -0.254. The molecule has 1 aliphatic rings. The quantitative estimate of drug-likeness (QED) is 0.320. The Hall–Kier alpha value is -3.25. The highest BCUT2D eigenvalue weighted by Crippen LogP contribution is 2.28. The fourth-order valence-corrected chi connectivity index (χ4v) is 3.51. The number of thiocarbonyl (C=S) groups is 1. The van der Waals surface area contributed by atoms with Gasteiger partial charge in [-0.15, -0.1) is 0 Å². The van der Waals surface area contributed by atoms with E-state index in [0.29, 0.717) is 5.69 Å². The maximum atomic E-state index is 11.9. The molecule has 0 saturated carbocycles. The lowest BCUT2D eigenvalue weighted by atomic mass is 9.97. The van der Waals surface area contributed by atoms with Gasteiger partial charge in [0.1, 0.15) is 12.7 Å². The van der Waals surface area contributed by atoms with Gasteiger partial charge in [-0.25, -0.2) is 0 Å². The van der Waals surface area contributed by atoms with Crippen molar-refractivity contribution >= 4 is 46.9 Å². The summed E-state index contributed by atoms with van der Waals surface area (Å²) >= 11 is 5.37. The van der Waals surface area contributed by atoms with Gasteiger partial charge in [-0.05, 0) is 31.3 Å². The van der Waals surface area contributed by atoms with E-state index in [2.05, 4.69) is 10.6 Å². The first-order chi connectivity index (χ1) is 16.0. The van der Waals surface area contributed by atoms with Crippen molar-refractivity contribution in [1.82, 2.24) is 5.32 Å². The lowest BCUT2D eigenvalue weighted by Crippen LogP contribution is -2.66. The second-order valence-electron chi connectivity index (χ2n) is 7.58. The molecule has 0 amide bonds. The Balaban J connectivity index is 2.35. The highest BCUT2D eigenvalue weighted by Gasteiger charge is 2.52. The van der Waals surface area contributed by atoms with E-state index < -0.39 is 54.5 Å². The van der Waals surface area contributed by atoms with Crippen molar-refractivity contribution in [1.29, 1.82) is 0 Å². The van der Waals surface area contributed by atoms with Crippen LogP contribution in [0.3, 0.4) is 0 Å². The summed E-state index contributed by atoms with van der Waals surface area (Å²) in [5.41, 5.74) is 1.75. The number of carbonyl (C=O) groups excluding carboxylic acids is 4. The summed E-state index contributed by atoms with van der Waals surface area (Å²) in [6.45, 7) is 6.28. The fourth-order valence-electron chi connectivity index (χ4n) is 3.28. The van der Waals surface area contributed by atoms with Gasteiger partial charge < -0.3 is 34.3 Å². The molecule has 12 heteroatoms. The second-order valence-corrected chi connectivity index (χ2v) is 7.99. The summed E-state index contributed by atoms with van der Waals surface area (Å²) < 4.78 is 27.1. The fraction of sp³-hybridized carbons (Fsp3) is 0.500. The zero-order chi connectivity index (χ0) is 25.4. The van der Waals surface area contributed by atoms with Crippen LogP contribution in [0.25, 0.3) is 0 Å². The number of aryl methyl sites for hydroxylation is 1. The lowest BCUT2D eigenvalue weighted by Gasteiger charge is -2.44. The SMILES string of the molecule is CC(=O)OC[C@H]1O[C@@H](NC(=S)Nc2ccc(C)cc2)[C@H](OC(C)=O)[C@@H](OC(C)=O)[C@@H]1OC(C)=O. The third kappa shape index (κ3) is 8.27. The molecule has 2 N–H and O–H groups in total. The van der Waals surface area contributed by atoms with Gasteiger partial charge in [0.05, 0.1) is 0 Å². The molecule has 0 spiro atoms. The van der Waals surface area contributed by atoms with Gasteiger partial charge in [0.25, 0.3) is 0 Å². The first kappa shape index (κ1) is 27.0. The number of rotatable bonds is 7. The molecular formula is C22H28N2O9S. The van der Waals surface area contributed by atoms with Gasteiger partial charge >= 0.3 is 23.9 Å². The molecule has 0 unspecified atom stereocenters. The zero-order valence-electron chi connectivity index (χ0n) is 19.5. The van der Waals surface area contributed by atoms with Crippen LogP contribution in [0.4, 0.5) is 5.69 Å². The molecule has 0 radical (unpaired) electrons. The van der Waals surface area contributed by atoms with Crippen LogP contribution in [0.1, 0.15) is 33.3 Å². The van der Waals surface area contributed by atoms with Crippen LogP contribution in [0.5, 0.6) is 0 Å². The smallest absolute Gasteiger partial charge is 0.303 e. The van der Waals surface area contributed by atoms with Crippen molar-refractivity contribution in [2.75, 3.05) is 11.9 Å². The topological polar surface area (TPSA) is 138 Å². The number of hydrogen-bond donors (Lipinski definition) is 2. The van der Waals surface area contributed by atoms with Crippen molar-refractivity contribution in [2.45, 2.75) is 65.3 Å². The number of hydrogen-bond acceptors (Lipinski definition) is 10. The van der Waals surface area contributed by atoms with Gasteiger partial charge in [-0.1, -0.05) is 17.7 Å². The Bertz CT molecular complexity index is 921. The van der Waals surface area contributed by atoms with Gasteiger partial charge in [0.15, 0.2) is 29.7 Å². The van der Waals surface area contributed by atoms with E-state index in [1.165, 1.54) is 6.92 Å². The number of esters is 4. The minimum absolute atomic E-state index is 0.116. The Morgan fingerprint density at radius 3 is 1.91 bits per heavy atom. The van der Waals surface area contributed by atoms with E-state index in [1.54, 1.807) is 0 Å². The Morgan fingerprint density at radius 1 is 0.853 bits per heavy atom. The summed E-state index contributed by atoms with van der Waals surface area (Å²) in [6.07, 6.45) is -5.98. The number of carbonyl (C=O) groups is 4. The van der Waals surface area contributed by atoms with E-state index in [9.17, 15) is 19.2 Å². The number of anilines is 1. The minimum atomic E-state index is -1.28. The van der Waals surface area contributed by atoms with Crippen LogP contribution in [-0.2, 0) is 42.9 Å². The van der Waals surface area contributed by atoms with Crippen LogP contribution >= 0.6 is 12.2 Å². The predicted octanol–water partition coefficient (Wildman–Crippen LogP) is 1.36. The third-order valence-corrected chi connectivity index (χ3v) is 4.79. The van der Waals surface area contributed by atoms with Gasteiger partial charge in [-0.3, -0.25) is 19.2 Å². The molecule has 1 aromatic carbocycles. The zero-order valence-corrected chi connectivity index (χ0v) is 20.3. The largest absolute Gasteiger partial charge is 0.463 e. The van der Waals surface area contributed by atoms with Crippen LogP contribution in [0.2, 0.25) is 0 Å². The first-order valence-corrected chi connectivity index (χ1v) is 10.8. The van der Waals surface area contributed by atoms with Crippen molar-refractivity contribution in [2.24, 2.45) is 0 Å². The molecule has 0 bridgehead atoms. The van der Waals surface area contributed by atoms with Gasteiger partial charge in [0, 0.05) is 33.4 Å². The Kier molecular flexibility index (Phi) is 9.75. The Morgan fingerprint density at radius 2 is 1.38 bits per heavy atom. The molecule has 1 saturated heterocycles. The van der Waals surface area contributed by atoms with Crippen molar-refractivity contribution in [3.05, 3.63) is 29.8 Å². The highest BCUT2D eigenvalue weighted by atomic mass is 32.1. The molecule has 0 aliphatic carbocycles. The van der Waals surface area contributed by atoms with Crippen LogP contribution in [0, 0.1) is 6.92 Å². The molecular weight excluding hydrogens is 468 g/mol. The average Bonchev–Trinajstić information content (AvgIpc) is 2.71. The summed E-state index contributed by atoms with van der Waals surface area (Å²) in [7, 11) is 0. The molecule has 186 valence electrons. The highest BCUT2D eigenvalue weighted by molar-refractivity contribution is 7.80. The molecule has 11 nitrogen and oxygen atoms in total. The minimum Gasteiger partial charge on any atom is -0.463 e. The Labute approximate surface area is 202 Å². The molecule has 34 heavy (non-hydrogen) atoms. The molecule has 1 aromatic rings. The number of ether oxygens (including phenoxy) is 5. The monoisotopic (exact) mass is 496 g/mol. The maximum absolute atomic E-state index is 11.9. The summed E-state index contributed by atoms with van der Waals surface area (Å²) in [5, 5.41) is 5.97. The van der Waals surface area contributed by atoms with E-state index in [0.717, 1.165) is 26.3 Å². The van der Waals surface area contributed by atoms with Crippen LogP contribution in [0.15, 0.2) is 24.3 Å². The molecule has 1 fully saturated rings. The number of benzene rings is 1. The summed E-state index contributed by atoms with van der Waals surface area (Å²) in [5.74, 6) is -2.72. The third-order valence-electron chi connectivity index (χ3n) is 4.57. The molecule has 2 rings (SSSR count). The van der Waals surface area contributed by atoms with Crippen LogP contribution < -0.4 is 10.6 Å². The van der Waals surface area contributed by atoms with Gasteiger partial charge in [0.2, 0.25) is 0 Å². The van der Waals surface area contributed by atoms with E-state index >= 15 is 0 Å². The summed E-state index contributed by atoms with van der Waals surface area (Å²) in [4.78, 5) is 46.9. The standard InChI is InChI=1S/C22H28N2O9S/c1-11-6-8-16(9-7-11)23-22(34)24-21-20(32-15(5)28)19(31-14(4)27)18(30-13(3)26)17(33-21)10-29-12(2)25/h6-9,17-21H,10H2,1-5H3,(H2,23,24,34)/t17-,18-,19+,20-,21-/m1/s1. The van der Waals surface area contributed by atoms with Crippen LogP contribution in [-0.4, -0.2) is 66.2 Å². The molecule has 1 aliphatic heterocycles. The van der Waals surface area contributed by atoms with E-state index in [1.807, 2.05) is 31.2 Å². The predicted molar refractivity (Wildman–Crippen MR) is 122 cm³/mol. The van der Waals surface area contributed by atoms with Crippen molar-refractivity contribution < 1.29 is 42.9 Å². The normalized spacial score (nSPS) is 23.7. The molecule has 5 atom stereocenters. The van der Waals surface area contributed by atoms with Crippen molar-refractivity contribution in [3.8, 4) is 0 Å².